The van der Waals surface area contributed by atoms with E-state index in [-0.39, 0.29) is 0 Å². The first-order valence-corrected chi connectivity index (χ1v) is 13.4. The van der Waals surface area contributed by atoms with Crippen molar-refractivity contribution in [2.45, 2.75) is 59.0 Å². The lowest BCUT2D eigenvalue weighted by Gasteiger charge is -2.25. The van der Waals surface area contributed by atoms with E-state index in [1.165, 1.54) is 24.1 Å². The van der Waals surface area contributed by atoms with Gasteiger partial charge in [-0.15, -0.1) is 0 Å². The van der Waals surface area contributed by atoms with Gasteiger partial charge in [0.2, 0.25) is 0 Å². The number of carbonyl (C=O) groups is 2. The average molecular weight is 503 g/mol. The van der Waals surface area contributed by atoms with Crippen LogP contribution in [-0.2, 0) is 11.3 Å². The number of nitrogens with zero attached hydrogens (tertiary/aromatic N) is 1. The lowest BCUT2D eigenvalue weighted by atomic mass is 9.99. The highest BCUT2D eigenvalue weighted by atomic mass is 16.1. The van der Waals surface area contributed by atoms with Crippen LogP contribution in [0.5, 0.6) is 0 Å². The largest absolute Gasteiger partial charge is 0.382 e. The van der Waals surface area contributed by atoms with Crippen LogP contribution >= 0.6 is 0 Å². The van der Waals surface area contributed by atoms with Crippen molar-refractivity contribution in [3.05, 3.63) is 70.9 Å². The summed E-state index contributed by atoms with van der Waals surface area (Å²) in [6.07, 6.45) is 6.06. The van der Waals surface area contributed by atoms with E-state index in [1.54, 1.807) is 0 Å². The van der Waals surface area contributed by atoms with Crippen LogP contribution in [-0.4, -0.2) is 49.9 Å². The van der Waals surface area contributed by atoms with Crippen LogP contribution in [0.3, 0.4) is 0 Å². The van der Waals surface area contributed by atoms with Crippen molar-refractivity contribution in [3.63, 3.8) is 0 Å². The third kappa shape index (κ3) is 7.63. The van der Waals surface area contributed by atoms with E-state index >= 15 is 0 Å². The molecule has 0 bridgehead atoms. The molecule has 2 heterocycles. The van der Waals surface area contributed by atoms with Crippen LogP contribution in [0.2, 0.25) is 0 Å². The van der Waals surface area contributed by atoms with Crippen LogP contribution in [0, 0.1) is 6.92 Å². The highest BCUT2D eigenvalue weighted by Gasteiger charge is 2.13. The number of carbonyl (C=O) groups excluding carboxylic acids is 2. The van der Waals surface area contributed by atoms with Crippen LogP contribution in [0.1, 0.15) is 61.1 Å². The maximum atomic E-state index is 11.5. The molecule has 0 amide bonds. The second kappa shape index (κ2) is 14.5. The average Bonchev–Trinajstić information content (AvgIpc) is 3.28. The molecule has 1 fully saturated rings. The fourth-order valence-corrected chi connectivity index (χ4v) is 4.73. The molecule has 0 aliphatic carbocycles. The first kappa shape index (κ1) is 28.4. The van der Waals surface area contributed by atoms with Gasteiger partial charge in [-0.3, -0.25) is 9.59 Å². The van der Waals surface area contributed by atoms with Crippen LogP contribution in [0.25, 0.3) is 16.5 Å². The van der Waals surface area contributed by atoms with Gasteiger partial charge >= 0.3 is 0 Å². The standard InChI is InChI=1S/C19H24N2O2.C12H18N2/c1-4-14(2)18(13-23)15-6-7-16-10-17(12-22)21(19(16)11-15)9-5-8-20-3;1-10-4-2-3-5-12(10)14-11-6-8-13-9-7-11/h6-7,10-13,20H,4-5,8-9H2,1-3H3;2-5,11,13-14H,6-9H2,1H3/b18-14-;. The number of nitrogens with one attached hydrogen (secondary N) is 3. The van der Waals surface area contributed by atoms with E-state index in [4.69, 9.17) is 0 Å². The predicted molar refractivity (Wildman–Crippen MR) is 156 cm³/mol. The molecule has 198 valence electrons. The van der Waals surface area contributed by atoms with Crippen LogP contribution in [0.4, 0.5) is 5.69 Å². The molecule has 0 saturated carbocycles. The van der Waals surface area contributed by atoms with E-state index < -0.39 is 0 Å². The van der Waals surface area contributed by atoms with Gasteiger partial charge in [0.1, 0.15) is 0 Å². The summed E-state index contributed by atoms with van der Waals surface area (Å²) >= 11 is 0. The maximum absolute atomic E-state index is 11.5. The number of fused-ring (bicyclic) bond motifs is 1. The molecule has 6 heteroatoms. The number of allylic oxidation sites excluding steroid dienone is 2. The number of benzene rings is 2. The smallest absolute Gasteiger partial charge is 0.166 e. The summed E-state index contributed by atoms with van der Waals surface area (Å²) in [4.78, 5) is 22.8. The van der Waals surface area contributed by atoms with Crippen molar-refractivity contribution < 1.29 is 9.59 Å². The highest BCUT2D eigenvalue weighted by molar-refractivity contribution is 6.09. The van der Waals surface area contributed by atoms with E-state index in [0.717, 1.165) is 79.2 Å². The maximum Gasteiger partial charge on any atom is 0.166 e. The Hall–Kier alpha value is -3.22. The Labute approximate surface area is 221 Å². The number of rotatable bonds is 10. The Kier molecular flexibility index (Phi) is 11.1. The number of piperidine rings is 1. The fourth-order valence-electron chi connectivity index (χ4n) is 4.73. The third-order valence-corrected chi connectivity index (χ3v) is 7.13. The van der Waals surface area contributed by atoms with Gasteiger partial charge in [-0.2, -0.15) is 0 Å². The zero-order valence-electron chi connectivity index (χ0n) is 22.8. The summed E-state index contributed by atoms with van der Waals surface area (Å²) in [5.74, 6) is 0. The minimum atomic E-state index is 0.650. The minimum absolute atomic E-state index is 0.650. The van der Waals surface area contributed by atoms with E-state index in [2.05, 4.69) is 47.1 Å². The molecule has 2 aromatic carbocycles. The lowest BCUT2D eigenvalue weighted by Crippen LogP contribution is -2.35. The van der Waals surface area contributed by atoms with Gasteiger partial charge in [0.05, 0.1) is 5.69 Å². The lowest BCUT2D eigenvalue weighted by molar-refractivity contribution is -0.103. The molecule has 1 saturated heterocycles. The molecule has 1 aromatic heterocycles. The van der Waals surface area contributed by atoms with Gasteiger partial charge in [0.15, 0.2) is 12.6 Å². The van der Waals surface area contributed by atoms with Gasteiger partial charge in [-0.05, 0) is 95.5 Å². The number of aldehydes is 2. The van der Waals surface area contributed by atoms with Gasteiger partial charge in [0, 0.05) is 34.8 Å². The second-order valence-corrected chi connectivity index (χ2v) is 9.72. The molecular formula is C31H42N4O2. The molecular weight excluding hydrogens is 460 g/mol. The highest BCUT2D eigenvalue weighted by Crippen LogP contribution is 2.26. The van der Waals surface area contributed by atoms with Crippen LogP contribution < -0.4 is 16.0 Å². The van der Waals surface area contributed by atoms with Gasteiger partial charge in [-0.25, -0.2) is 0 Å². The Bertz CT molecular complexity index is 1210. The second-order valence-electron chi connectivity index (χ2n) is 9.72. The predicted octanol–water partition coefficient (Wildman–Crippen LogP) is 5.60. The Morgan fingerprint density at radius 3 is 2.51 bits per heavy atom. The van der Waals surface area contributed by atoms with Crippen molar-refractivity contribution in [2.24, 2.45) is 0 Å². The van der Waals surface area contributed by atoms with Crippen LogP contribution in [0.15, 0.2) is 54.1 Å². The number of para-hydroxylation sites is 1. The summed E-state index contributed by atoms with van der Waals surface area (Å²) in [7, 11) is 1.92. The van der Waals surface area contributed by atoms with Gasteiger partial charge < -0.3 is 20.5 Å². The van der Waals surface area contributed by atoms with Crippen molar-refractivity contribution in [1.29, 1.82) is 0 Å². The Morgan fingerprint density at radius 1 is 1.11 bits per heavy atom. The first-order chi connectivity index (χ1) is 18.0. The quantitative estimate of drug-likeness (QED) is 0.191. The molecule has 1 aliphatic heterocycles. The number of aryl methyl sites for hydroxylation is 2. The number of aromatic nitrogens is 1. The molecule has 0 unspecified atom stereocenters. The summed E-state index contributed by atoms with van der Waals surface area (Å²) in [6.45, 7) is 10.1. The normalized spacial score (nSPS) is 14.5. The monoisotopic (exact) mass is 502 g/mol. The summed E-state index contributed by atoms with van der Waals surface area (Å²) < 4.78 is 2.03. The number of hydrogen-bond acceptors (Lipinski definition) is 5. The van der Waals surface area contributed by atoms with Gasteiger partial charge in [0.25, 0.3) is 0 Å². The van der Waals surface area contributed by atoms with E-state index in [1.807, 2.05) is 49.7 Å². The minimum Gasteiger partial charge on any atom is -0.382 e. The molecule has 3 N–H and O–H groups in total. The topological polar surface area (TPSA) is 75.2 Å². The summed E-state index contributed by atoms with van der Waals surface area (Å²) in [5, 5.41) is 11.1. The SMILES string of the molecule is CC/C(C)=C(/C=O)c1ccc2cc(C=O)n(CCCNC)c2c1.Cc1ccccc1NC1CCNCC1. The molecule has 37 heavy (non-hydrogen) atoms. The zero-order valence-corrected chi connectivity index (χ0v) is 22.8. The zero-order chi connectivity index (χ0) is 26.6. The van der Waals surface area contributed by atoms with Crippen molar-refractivity contribution in [2.75, 3.05) is 32.0 Å². The number of hydrogen-bond donors (Lipinski definition) is 3. The van der Waals surface area contributed by atoms with Gasteiger partial charge in [-0.1, -0.05) is 42.8 Å². The summed E-state index contributed by atoms with van der Waals surface area (Å²) in [6, 6.07) is 17.0. The van der Waals surface area contributed by atoms with E-state index in [0.29, 0.717) is 11.7 Å². The molecule has 3 aromatic rings. The van der Waals surface area contributed by atoms with E-state index in [9.17, 15) is 9.59 Å². The van der Waals surface area contributed by atoms with Crippen molar-refractivity contribution in [3.8, 4) is 0 Å². The first-order valence-electron chi connectivity index (χ1n) is 13.4. The molecule has 0 spiro atoms. The van der Waals surface area contributed by atoms with Crippen molar-refractivity contribution in [1.82, 2.24) is 15.2 Å². The molecule has 6 nitrogen and oxygen atoms in total. The third-order valence-electron chi connectivity index (χ3n) is 7.13. The Balaban J connectivity index is 0.000000231. The number of anilines is 1. The molecule has 4 rings (SSSR count). The molecule has 0 radical (unpaired) electrons. The molecule has 1 aliphatic rings. The molecule has 0 atom stereocenters. The Morgan fingerprint density at radius 2 is 1.86 bits per heavy atom. The fraction of sp³-hybridized carbons (Fsp3) is 0.419. The van der Waals surface area contributed by atoms with Crippen molar-refractivity contribution >= 4 is 34.7 Å². The summed E-state index contributed by atoms with van der Waals surface area (Å²) in [5.41, 5.74) is 7.04.